The molecule has 1 aliphatic heterocycles. The van der Waals surface area contributed by atoms with Crippen LogP contribution in [0.1, 0.15) is 22.8 Å². The van der Waals surface area contributed by atoms with Crippen LogP contribution in [0.3, 0.4) is 0 Å². The first kappa shape index (κ1) is 28.8. The number of nitrogens with zero attached hydrogens (tertiary/aromatic N) is 1. The minimum atomic E-state index is -0.560. The van der Waals surface area contributed by atoms with Gasteiger partial charge in [0.25, 0.3) is 11.1 Å². The molecule has 1 fully saturated rings. The molecule has 1 aliphatic rings. The SMILES string of the molecule is CCOc1cc(/C=C2\SC(=O)N(CCOc3ccccc3OC)C2=O)cc(I)c1OC(=O)c1ccc(Cl)cc1. The Balaban J connectivity index is 1.49. The highest BCUT2D eigenvalue weighted by molar-refractivity contribution is 14.1. The van der Waals surface area contributed by atoms with Crippen LogP contribution in [0.2, 0.25) is 5.02 Å². The van der Waals surface area contributed by atoms with E-state index in [2.05, 4.69) is 0 Å². The maximum atomic E-state index is 13.0. The van der Waals surface area contributed by atoms with E-state index < -0.39 is 11.9 Å². The zero-order valence-corrected chi connectivity index (χ0v) is 24.7. The zero-order chi connectivity index (χ0) is 27.9. The predicted octanol–water partition coefficient (Wildman–Crippen LogP) is 6.69. The van der Waals surface area contributed by atoms with Gasteiger partial charge in [0.15, 0.2) is 23.0 Å². The van der Waals surface area contributed by atoms with Crippen molar-refractivity contribution in [1.29, 1.82) is 0 Å². The fourth-order valence-electron chi connectivity index (χ4n) is 3.60. The van der Waals surface area contributed by atoms with E-state index in [0.29, 0.717) is 43.6 Å². The maximum absolute atomic E-state index is 13.0. The number of benzene rings is 3. The van der Waals surface area contributed by atoms with Gasteiger partial charge in [0.2, 0.25) is 0 Å². The minimum absolute atomic E-state index is 0.0847. The molecule has 0 aromatic heterocycles. The van der Waals surface area contributed by atoms with E-state index >= 15 is 0 Å². The normalized spacial score (nSPS) is 14.1. The Hall–Kier alpha value is -3.22. The number of methoxy groups -OCH3 is 1. The lowest BCUT2D eigenvalue weighted by atomic mass is 10.1. The molecule has 0 bridgehead atoms. The van der Waals surface area contributed by atoms with Gasteiger partial charge in [-0.3, -0.25) is 14.5 Å². The first-order valence-corrected chi connectivity index (χ1v) is 14.0. The second-order valence-electron chi connectivity index (χ2n) is 7.99. The summed E-state index contributed by atoms with van der Waals surface area (Å²) in [5, 5.41) is 0.122. The Morgan fingerprint density at radius 2 is 1.74 bits per heavy atom. The zero-order valence-electron chi connectivity index (χ0n) is 20.9. The Bertz CT molecular complexity index is 1430. The summed E-state index contributed by atoms with van der Waals surface area (Å²) in [5.41, 5.74) is 0.954. The Labute approximate surface area is 248 Å². The molecule has 11 heteroatoms. The van der Waals surface area contributed by atoms with Gasteiger partial charge < -0.3 is 18.9 Å². The molecule has 4 rings (SSSR count). The molecule has 3 aromatic rings. The monoisotopic (exact) mass is 679 g/mol. The summed E-state index contributed by atoms with van der Waals surface area (Å²) in [7, 11) is 1.54. The van der Waals surface area contributed by atoms with Crippen LogP contribution >= 0.6 is 46.0 Å². The Morgan fingerprint density at radius 1 is 1.03 bits per heavy atom. The standard InChI is InChI=1S/C28H23ClINO7S/c1-3-36-23-15-17(14-20(30)25(23)38-27(33)18-8-10-19(29)11-9-18)16-24-26(32)31(28(34)39-24)12-13-37-22-7-5-4-6-21(22)35-2/h4-11,14-16H,3,12-13H2,1-2H3/b24-16-. The molecule has 0 radical (unpaired) electrons. The van der Waals surface area contributed by atoms with Crippen molar-refractivity contribution >= 4 is 69.1 Å². The van der Waals surface area contributed by atoms with Gasteiger partial charge in [0, 0.05) is 5.02 Å². The first-order chi connectivity index (χ1) is 18.8. The van der Waals surface area contributed by atoms with Crippen molar-refractivity contribution in [3.8, 4) is 23.0 Å². The van der Waals surface area contributed by atoms with Crippen molar-refractivity contribution in [2.45, 2.75) is 6.92 Å². The van der Waals surface area contributed by atoms with Crippen molar-refractivity contribution in [3.05, 3.63) is 85.3 Å². The van der Waals surface area contributed by atoms with E-state index in [1.807, 2.05) is 41.6 Å². The van der Waals surface area contributed by atoms with Gasteiger partial charge >= 0.3 is 5.97 Å². The number of para-hydroxylation sites is 2. The summed E-state index contributed by atoms with van der Waals surface area (Å²) >= 11 is 8.79. The lowest BCUT2D eigenvalue weighted by molar-refractivity contribution is -0.123. The Morgan fingerprint density at radius 3 is 2.44 bits per heavy atom. The fraction of sp³-hybridized carbons (Fsp3) is 0.179. The van der Waals surface area contributed by atoms with Crippen molar-refractivity contribution in [1.82, 2.24) is 4.90 Å². The van der Waals surface area contributed by atoms with E-state index in [0.717, 1.165) is 16.7 Å². The van der Waals surface area contributed by atoms with Crippen molar-refractivity contribution < 1.29 is 33.3 Å². The van der Waals surface area contributed by atoms with Gasteiger partial charge in [-0.25, -0.2) is 4.79 Å². The third-order valence-electron chi connectivity index (χ3n) is 5.42. The molecule has 1 heterocycles. The average Bonchev–Trinajstić information content (AvgIpc) is 3.18. The molecule has 0 atom stereocenters. The number of imide groups is 1. The molecular formula is C28H23ClINO7S. The summed E-state index contributed by atoms with van der Waals surface area (Å²) in [6.45, 7) is 2.34. The molecule has 0 saturated carbocycles. The van der Waals surface area contributed by atoms with Crippen molar-refractivity contribution in [3.63, 3.8) is 0 Å². The summed E-state index contributed by atoms with van der Waals surface area (Å²) in [4.78, 5) is 39.7. The number of hydrogen-bond donors (Lipinski definition) is 0. The molecule has 3 aromatic carbocycles. The number of thioether (sulfide) groups is 1. The van der Waals surface area contributed by atoms with Gasteiger partial charge in [-0.15, -0.1) is 0 Å². The van der Waals surface area contributed by atoms with E-state index in [4.69, 9.17) is 30.5 Å². The molecule has 1 saturated heterocycles. The number of carbonyl (C=O) groups is 3. The average molecular weight is 680 g/mol. The number of esters is 1. The molecule has 0 N–H and O–H groups in total. The van der Waals surface area contributed by atoms with Crippen LogP contribution in [0, 0.1) is 3.57 Å². The lowest BCUT2D eigenvalue weighted by Gasteiger charge is -2.15. The number of carbonyl (C=O) groups excluding carboxylic acids is 3. The molecule has 202 valence electrons. The first-order valence-electron chi connectivity index (χ1n) is 11.8. The van der Waals surface area contributed by atoms with Crippen LogP contribution in [-0.2, 0) is 4.79 Å². The maximum Gasteiger partial charge on any atom is 0.343 e. The third kappa shape index (κ3) is 7.06. The quantitative estimate of drug-likeness (QED) is 0.101. The van der Waals surface area contributed by atoms with Crippen molar-refractivity contribution in [2.24, 2.45) is 0 Å². The number of amides is 2. The smallest absolute Gasteiger partial charge is 0.343 e. The second-order valence-corrected chi connectivity index (χ2v) is 10.6. The largest absolute Gasteiger partial charge is 0.493 e. The third-order valence-corrected chi connectivity index (χ3v) is 7.38. The second kappa shape index (κ2) is 13.2. The van der Waals surface area contributed by atoms with Gasteiger partial charge in [0.05, 0.1) is 34.3 Å². The van der Waals surface area contributed by atoms with Crippen LogP contribution < -0.4 is 18.9 Å². The predicted molar refractivity (Wildman–Crippen MR) is 158 cm³/mol. The number of rotatable bonds is 10. The van der Waals surface area contributed by atoms with Gasteiger partial charge in [-0.2, -0.15) is 0 Å². The van der Waals surface area contributed by atoms with Gasteiger partial charge in [0.1, 0.15) is 6.61 Å². The molecule has 39 heavy (non-hydrogen) atoms. The summed E-state index contributed by atoms with van der Waals surface area (Å²) in [6, 6.07) is 16.9. The van der Waals surface area contributed by atoms with Crippen LogP contribution in [-0.4, -0.2) is 48.9 Å². The number of hydrogen-bond acceptors (Lipinski definition) is 8. The van der Waals surface area contributed by atoms with Crippen LogP contribution in [0.4, 0.5) is 4.79 Å². The lowest BCUT2D eigenvalue weighted by Crippen LogP contribution is -2.32. The van der Waals surface area contributed by atoms with Gasteiger partial charge in [-0.05, 0) is 101 Å². The topological polar surface area (TPSA) is 91.4 Å². The molecule has 0 spiro atoms. The molecule has 2 amide bonds. The van der Waals surface area contributed by atoms with Crippen molar-refractivity contribution in [2.75, 3.05) is 26.9 Å². The molecule has 0 unspecified atom stereocenters. The van der Waals surface area contributed by atoms with E-state index in [-0.39, 0.29) is 29.0 Å². The summed E-state index contributed by atoms with van der Waals surface area (Å²) < 4.78 is 22.9. The van der Waals surface area contributed by atoms with Crippen LogP contribution in [0.15, 0.2) is 65.6 Å². The summed E-state index contributed by atoms with van der Waals surface area (Å²) in [5.74, 6) is 0.707. The molecule has 8 nitrogen and oxygen atoms in total. The highest BCUT2D eigenvalue weighted by atomic mass is 127. The summed E-state index contributed by atoms with van der Waals surface area (Å²) in [6.07, 6.45) is 1.61. The highest BCUT2D eigenvalue weighted by Crippen LogP contribution is 2.38. The highest BCUT2D eigenvalue weighted by Gasteiger charge is 2.35. The van der Waals surface area contributed by atoms with E-state index in [1.54, 1.807) is 54.6 Å². The Kier molecular flexibility index (Phi) is 9.76. The molecular weight excluding hydrogens is 657 g/mol. The van der Waals surface area contributed by atoms with Crippen LogP contribution in [0.25, 0.3) is 6.08 Å². The van der Waals surface area contributed by atoms with Crippen LogP contribution in [0.5, 0.6) is 23.0 Å². The molecule has 0 aliphatic carbocycles. The fourth-order valence-corrected chi connectivity index (χ4v) is 5.33. The van der Waals surface area contributed by atoms with E-state index in [9.17, 15) is 14.4 Å². The number of ether oxygens (including phenoxy) is 4. The van der Waals surface area contributed by atoms with Gasteiger partial charge in [-0.1, -0.05) is 23.7 Å². The number of halogens is 2. The van der Waals surface area contributed by atoms with E-state index in [1.165, 1.54) is 7.11 Å². The minimum Gasteiger partial charge on any atom is -0.493 e.